The van der Waals surface area contributed by atoms with Gasteiger partial charge >= 0.3 is 5.97 Å². The van der Waals surface area contributed by atoms with Crippen molar-refractivity contribution in [1.29, 1.82) is 0 Å². The van der Waals surface area contributed by atoms with Gasteiger partial charge in [-0.05, 0) is 42.8 Å². The van der Waals surface area contributed by atoms with Crippen LogP contribution in [-0.4, -0.2) is 18.5 Å². The Morgan fingerprint density at radius 1 is 1.09 bits per heavy atom. The molecule has 4 nitrogen and oxygen atoms in total. The molecule has 0 spiro atoms. The minimum absolute atomic E-state index is 0.188. The molecule has 1 amide bonds. The molecular formula is C17H15Cl2NO3. The van der Waals surface area contributed by atoms with Gasteiger partial charge in [0.2, 0.25) is 5.91 Å². The first kappa shape index (κ1) is 17.3. The van der Waals surface area contributed by atoms with E-state index in [1.807, 2.05) is 0 Å². The molecule has 0 fully saturated rings. The summed E-state index contributed by atoms with van der Waals surface area (Å²) >= 11 is 11.9. The molecule has 23 heavy (non-hydrogen) atoms. The summed E-state index contributed by atoms with van der Waals surface area (Å²) in [7, 11) is 0. The molecule has 0 aliphatic carbocycles. The molecule has 120 valence electrons. The number of carbonyl (C=O) groups excluding carboxylic acids is 2. The number of anilines is 1. The third-order valence-electron chi connectivity index (χ3n) is 3.03. The predicted octanol–water partition coefficient (Wildman–Crippen LogP) is 4.35. The largest absolute Gasteiger partial charge is 0.462 e. The topological polar surface area (TPSA) is 55.4 Å². The van der Waals surface area contributed by atoms with Gasteiger partial charge in [-0.3, -0.25) is 4.79 Å². The number of halogens is 2. The molecule has 0 bridgehead atoms. The second-order valence-corrected chi connectivity index (χ2v) is 5.61. The molecule has 2 rings (SSSR count). The van der Waals surface area contributed by atoms with E-state index in [-0.39, 0.29) is 29.5 Å². The summed E-state index contributed by atoms with van der Waals surface area (Å²) in [6.45, 7) is 1.99. The second kappa shape index (κ2) is 7.99. The Morgan fingerprint density at radius 3 is 2.39 bits per heavy atom. The maximum absolute atomic E-state index is 12.0. The van der Waals surface area contributed by atoms with Crippen molar-refractivity contribution in [2.75, 3.05) is 11.9 Å². The Balaban J connectivity index is 2.02. The summed E-state index contributed by atoms with van der Waals surface area (Å²) < 4.78 is 4.90. The van der Waals surface area contributed by atoms with E-state index in [2.05, 4.69) is 5.32 Å². The number of esters is 1. The van der Waals surface area contributed by atoms with Crippen molar-refractivity contribution in [2.24, 2.45) is 0 Å². The fraction of sp³-hybridized carbons (Fsp3) is 0.176. The smallest absolute Gasteiger partial charge is 0.339 e. The summed E-state index contributed by atoms with van der Waals surface area (Å²) in [6, 6.07) is 11.7. The van der Waals surface area contributed by atoms with Crippen LogP contribution in [0.15, 0.2) is 42.5 Å². The van der Waals surface area contributed by atoms with Crippen molar-refractivity contribution in [3.63, 3.8) is 0 Å². The highest BCUT2D eigenvalue weighted by molar-refractivity contribution is 6.34. The number of hydrogen-bond acceptors (Lipinski definition) is 3. The average Bonchev–Trinajstić information content (AvgIpc) is 2.50. The van der Waals surface area contributed by atoms with Crippen molar-refractivity contribution in [3.8, 4) is 0 Å². The molecule has 0 radical (unpaired) electrons. The number of hydrogen-bond donors (Lipinski definition) is 1. The molecule has 0 atom stereocenters. The van der Waals surface area contributed by atoms with Crippen LogP contribution in [0.5, 0.6) is 0 Å². The van der Waals surface area contributed by atoms with Gasteiger partial charge in [0.15, 0.2) is 0 Å². The van der Waals surface area contributed by atoms with Crippen LogP contribution in [0.25, 0.3) is 0 Å². The highest BCUT2D eigenvalue weighted by Gasteiger charge is 2.12. The molecule has 0 aliphatic heterocycles. The summed E-state index contributed by atoms with van der Waals surface area (Å²) in [5, 5.41) is 3.59. The molecule has 0 aliphatic rings. The minimum atomic E-state index is -0.489. The maximum Gasteiger partial charge on any atom is 0.339 e. The van der Waals surface area contributed by atoms with Crippen molar-refractivity contribution >= 4 is 40.8 Å². The number of benzene rings is 2. The number of amides is 1. The van der Waals surface area contributed by atoms with Crippen LogP contribution in [0, 0.1) is 0 Å². The summed E-state index contributed by atoms with van der Waals surface area (Å²) in [5.74, 6) is -0.677. The van der Waals surface area contributed by atoms with Crippen molar-refractivity contribution in [3.05, 3.63) is 63.6 Å². The van der Waals surface area contributed by atoms with Crippen LogP contribution in [0.2, 0.25) is 10.0 Å². The summed E-state index contributed by atoms with van der Waals surface area (Å²) in [4.78, 5) is 23.7. The van der Waals surface area contributed by atoms with E-state index in [0.717, 1.165) is 5.56 Å². The van der Waals surface area contributed by atoms with E-state index < -0.39 is 5.97 Å². The lowest BCUT2D eigenvalue weighted by atomic mass is 10.1. The third kappa shape index (κ3) is 4.98. The fourth-order valence-electron chi connectivity index (χ4n) is 1.96. The normalized spacial score (nSPS) is 10.2. The van der Waals surface area contributed by atoms with Gasteiger partial charge in [-0.25, -0.2) is 4.79 Å². The first-order valence-electron chi connectivity index (χ1n) is 7.00. The molecule has 0 saturated carbocycles. The van der Waals surface area contributed by atoms with Gasteiger partial charge in [-0.2, -0.15) is 0 Å². The van der Waals surface area contributed by atoms with Crippen LogP contribution in [0.1, 0.15) is 22.8 Å². The fourth-order valence-corrected chi connectivity index (χ4v) is 2.34. The second-order valence-electron chi connectivity index (χ2n) is 4.77. The highest BCUT2D eigenvalue weighted by atomic mass is 35.5. The van der Waals surface area contributed by atoms with Crippen LogP contribution in [-0.2, 0) is 16.0 Å². The highest BCUT2D eigenvalue weighted by Crippen LogP contribution is 2.22. The molecule has 0 unspecified atom stereocenters. The lowest BCUT2D eigenvalue weighted by molar-refractivity contribution is -0.115. The molecule has 6 heteroatoms. The summed E-state index contributed by atoms with van der Waals surface area (Å²) in [5.41, 5.74) is 1.63. The van der Waals surface area contributed by atoms with Gasteiger partial charge in [-0.1, -0.05) is 35.3 Å². The Kier molecular flexibility index (Phi) is 6.02. The van der Waals surface area contributed by atoms with Crippen molar-refractivity contribution in [1.82, 2.24) is 0 Å². The van der Waals surface area contributed by atoms with E-state index in [1.54, 1.807) is 37.3 Å². The van der Waals surface area contributed by atoms with Crippen molar-refractivity contribution < 1.29 is 14.3 Å². The maximum atomic E-state index is 12.0. The lowest BCUT2D eigenvalue weighted by Gasteiger charge is -2.08. The minimum Gasteiger partial charge on any atom is -0.462 e. The number of rotatable bonds is 5. The molecule has 0 saturated heterocycles. The van der Waals surface area contributed by atoms with Gasteiger partial charge in [0.25, 0.3) is 0 Å². The summed E-state index contributed by atoms with van der Waals surface area (Å²) in [6.07, 6.45) is 0.217. The van der Waals surface area contributed by atoms with Crippen LogP contribution >= 0.6 is 23.2 Å². The van der Waals surface area contributed by atoms with Gasteiger partial charge in [0, 0.05) is 10.7 Å². The van der Waals surface area contributed by atoms with Gasteiger partial charge in [0.05, 0.1) is 23.6 Å². The quantitative estimate of drug-likeness (QED) is 0.814. The molecule has 0 aromatic heterocycles. The third-order valence-corrected chi connectivity index (χ3v) is 3.59. The van der Waals surface area contributed by atoms with Crippen LogP contribution < -0.4 is 5.32 Å². The van der Waals surface area contributed by atoms with Gasteiger partial charge in [-0.15, -0.1) is 0 Å². The number of carbonyl (C=O) groups is 2. The van der Waals surface area contributed by atoms with E-state index in [9.17, 15) is 9.59 Å². The van der Waals surface area contributed by atoms with Crippen molar-refractivity contribution in [2.45, 2.75) is 13.3 Å². The molecular weight excluding hydrogens is 337 g/mol. The van der Waals surface area contributed by atoms with E-state index >= 15 is 0 Å². The zero-order valence-electron chi connectivity index (χ0n) is 12.4. The average molecular weight is 352 g/mol. The number of ether oxygens (including phenoxy) is 1. The Morgan fingerprint density at radius 2 is 1.78 bits per heavy atom. The van der Waals surface area contributed by atoms with Gasteiger partial charge in [0.1, 0.15) is 0 Å². The monoisotopic (exact) mass is 351 g/mol. The number of nitrogens with one attached hydrogen (secondary N) is 1. The first-order valence-corrected chi connectivity index (χ1v) is 7.76. The molecule has 1 N–H and O–H groups in total. The zero-order chi connectivity index (χ0) is 16.8. The first-order chi connectivity index (χ1) is 11.0. The Labute approximate surface area is 144 Å². The van der Waals surface area contributed by atoms with Crippen LogP contribution in [0.4, 0.5) is 5.69 Å². The standard InChI is InChI=1S/C17H15Cl2NO3/c1-2-23-17(22)14-8-7-13(10-15(14)19)20-16(21)9-11-3-5-12(18)6-4-11/h3-8,10H,2,9H2,1H3,(H,20,21). The zero-order valence-corrected chi connectivity index (χ0v) is 13.9. The molecule has 2 aromatic carbocycles. The van der Waals surface area contributed by atoms with E-state index in [1.165, 1.54) is 12.1 Å². The SMILES string of the molecule is CCOC(=O)c1ccc(NC(=O)Cc2ccc(Cl)cc2)cc1Cl. The van der Waals surface area contributed by atoms with E-state index in [0.29, 0.717) is 10.7 Å². The van der Waals surface area contributed by atoms with Crippen LogP contribution in [0.3, 0.4) is 0 Å². The lowest BCUT2D eigenvalue weighted by Crippen LogP contribution is -2.14. The van der Waals surface area contributed by atoms with Gasteiger partial charge < -0.3 is 10.1 Å². The predicted molar refractivity (Wildman–Crippen MR) is 91.2 cm³/mol. The Bertz CT molecular complexity index is 714. The van der Waals surface area contributed by atoms with E-state index in [4.69, 9.17) is 27.9 Å². The molecule has 2 aromatic rings. The molecule has 0 heterocycles. The Hall–Kier alpha value is -2.04.